The van der Waals surface area contributed by atoms with Gasteiger partial charge in [0.15, 0.2) is 0 Å². The molecule has 0 aliphatic heterocycles. The molecular weight excluding hydrogens is 276 g/mol. The molecule has 20 heavy (non-hydrogen) atoms. The quantitative estimate of drug-likeness (QED) is 0.844. The van der Waals surface area contributed by atoms with Crippen molar-refractivity contribution in [1.82, 2.24) is 3.97 Å². The number of hydrogen-bond donors (Lipinski definition) is 1. The largest absolute Gasteiger partial charge is 0.366 e. The van der Waals surface area contributed by atoms with Gasteiger partial charge in [0, 0.05) is 18.5 Å². The van der Waals surface area contributed by atoms with Gasteiger partial charge >= 0.3 is 0 Å². The molecule has 5 nitrogen and oxygen atoms in total. The Hall–Kier alpha value is -2.34. The van der Waals surface area contributed by atoms with Crippen LogP contribution in [0, 0.1) is 0 Å². The van der Waals surface area contributed by atoms with E-state index >= 15 is 0 Å². The van der Waals surface area contributed by atoms with Crippen LogP contribution in [0.15, 0.2) is 54.9 Å². The third-order valence-corrected chi connectivity index (χ3v) is 4.21. The zero-order valence-corrected chi connectivity index (χ0v) is 11.5. The molecule has 2 aromatic rings. The molecule has 2 N–H and O–H groups in total. The smallest absolute Gasteiger partial charge is 0.242 e. The van der Waals surface area contributed by atoms with Crippen LogP contribution in [0.1, 0.15) is 11.1 Å². The lowest BCUT2D eigenvalue weighted by Gasteiger charge is -2.05. The predicted octanol–water partition coefficient (Wildman–Crippen LogP) is 1.36. The fourth-order valence-electron chi connectivity index (χ4n) is 1.70. The van der Waals surface area contributed by atoms with E-state index in [1.54, 1.807) is 30.3 Å². The lowest BCUT2D eigenvalue weighted by Crippen LogP contribution is -2.13. The fraction of sp³-hybridized carbons (Fsp3) is 0.0714. The monoisotopic (exact) mass is 290 g/mol. The third kappa shape index (κ3) is 3.58. The van der Waals surface area contributed by atoms with Crippen molar-refractivity contribution in [2.24, 2.45) is 5.73 Å². The standard InChI is InChI=1S/C14H14N2O3S/c15-14(17)7-6-12-8-9-16(10-12)20(18,19)11-13-4-2-1-3-5-13/h1-10H,11H2,(H2,15,17). The van der Waals surface area contributed by atoms with Crippen molar-refractivity contribution >= 4 is 22.0 Å². The Morgan fingerprint density at radius 3 is 2.55 bits per heavy atom. The first kappa shape index (κ1) is 14.1. The summed E-state index contributed by atoms with van der Waals surface area (Å²) in [4.78, 5) is 10.6. The minimum absolute atomic E-state index is 0.0819. The van der Waals surface area contributed by atoms with E-state index < -0.39 is 15.9 Å². The van der Waals surface area contributed by atoms with Gasteiger partial charge in [0.1, 0.15) is 0 Å². The summed E-state index contributed by atoms with van der Waals surface area (Å²) in [5.74, 6) is -0.661. The highest BCUT2D eigenvalue weighted by Gasteiger charge is 2.13. The summed E-state index contributed by atoms with van der Waals surface area (Å²) in [6.45, 7) is 0. The molecule has 1 aromatic carbocycles. The maximum Gasteiger partial charge on any atom is 0.242 e. The van der Waals surface area contributed by atoms with Gasteiger partial charge in [0.2, 0.25) is 15.9 Å². The van der Waals surface area contributed by atoms with Crippen molar-refractivity contribution in [2.45, 2.75) is 5.75 Å². The number of hydrogen-bond acceptors (Lipinski definition) is 3. The second kappa shape index (κ2) is 5.75. The Morgan fingerprint density at radius 2 is 1.90 bits per heavy atom. The highest BCUT2D eigenvalue weighted by atomic mass is 32.2. The van der Waals surface area contributed by atoms with Crippen molar-refractivity contribution in [3.8, 4) is 0 Å². The number of nitrogens with two attached hydrogens (primary N) is 1. The van der Waals surface area contributed by atoms with Crippen molar-refractivity contribution in [1.29, 1.82) is 0 Å². The molecule has 0 aliphatic rings. The Bertz CT molecular complexity index is 731. The van der Waals surface area contributed by atoms with Crippen LogP contribution in [0.25, 0.3) is 6.08 Å². The molecule has 104 valence electrons. The molecule has 0 saturated heterocycles. The Balaban J connectivity index is 2.20. The highest BCUT2D eigenvalue weighted by Crippen LogP contribution is 2.12. The van der Waals surface area contributed by atoms with Crippen LogP contribution in [0.2, 0.25) is 0 Å². The summed E-state index contributed by atoms with van der Waals surface area (Å²) in [5.41, 5.74) is 6.30. The van der Waals surface area contributed by atoms with E-state index in [2.05, 4.69) is 0 Å². The fourth-order valence-corrected chi connectivity index (χ4v) is 2.99. The van der Waals surface area contributed by atoms with Crippen LogP contribution >= 0.6 is 0 Å². The number of nitrogens with zero attached hydrogens (tertiary/aromatic N) is 1. The lowest BCUT2D eigenvalue weighted by molar-refractivity contribution is -0.113. The van der Waals surface area contributed by atoms with Crippen LogP contribution in [0.4, 0.5) is 0 Å². The van der Waals surface area contributed by atoms with Gasteiger partial charge in [-0.15, -0.1) is 0 Å². The summed E-state index contributed by atoms with van der Waals surface area (Å²) in [7, 11) is -3.46. The minimum Gasteiger partial charge on any atom is -0.366 e. The minimum atomic E-state index is -3.46. The van der Waals surface area contributed by atoms with E-state index in [0.717, 1.165) is 9.54 Å². The van der Waals surface area contributed by atoms with Crippen molar-refractivity contribution in [2.75, 3.05) is 0 Å². The van der Waals surface area contributed by atoms with Crippen LogP contribution in [-0.4, -0.2) is 18.3 Å². The Labute approximate surface area is 117 Å². The summed E-state index contributed by atoms with van der Waals surface area (Å²) in [6, 6.07) is 10.5. The van der Waals surface area contributed by atoms with Gasteiger partial charge in [0.05, 0.1) is 5.75 Å². The van der Waals surface area contributed by atoms with E-state index in [1.807, 2.05) is 6.07 Å². The number of primary amides is 1. The summed E-state index contributed by atoms with van der Waals surface area (Å²) < 4.78 is 25.5. The third-order valence-electron chi connectivity index (χ3n) is 2.64. The normalized spacial score (nSPS) is 11.8. The van der Waals surface area contributed by atoms with Gasteiger partial charge in [-0.05, 0) is 23.3 Å². The Kier molecular flexibility index (Phi) is 4.05. The topological polar surface area (TPSA) is 82.2 Å². The summed E-state index contributed by atoms with van der Waals surface area (Å²) in [6.07, 6.45) is 5.54. The van der Waals surface area contributed by atoms with Gasteiger partial charge in [-0.1, -0.05) is 30.3 Å². The molecule has 0 bridgehead atoms. The number of rotatable bonds is 5. The number of carbonyl (C=O) groups excluding carboxylic acids is 1. The molecule has 1 amide bonds. The molecule has 0 spiro atoms. The van der Waals surface area contributed by atoms with Crippen LogP contribution < -0.4 is 5.73 Å². The summed E-state index contributed by atoms with van der Waals surface area (Å²) in [5, 5.41) is 0. The van der Waals surface area contributed by atoms with Gasteiger partial charge in [-0.3, -0.25) is 8.77 Å². The zero-order valence-electron chi connectivity index (χ0n) is 10.6. The van der Waals surface area contributed by atoms with Crippen LogP contribution in [0.3, 0.4) is 0 Å². The number of carbonyl (C=O) groups is 1. The van der Waals surface area contributed by atoms with E-state index in [0.29, 0.717) is 5.56 Å². The van der Waals surface area contributed by atoms with E-state index in [1.165, 1.54) is 24.5 Å². The molecule has 0 fully saturated rings. The average Bonchev–Trinajstić information content (AvgIpc) is 2.86. The first-order chi connectivity index (χ1) is 9.47. The SMILES string of the molecule is NC(=O)C=Cc1ccn(S(=O)(=O)Cc2ccccc2)c1. The highest BCUT2D eigenvalue weighted by molar-refractivity contribution is 7.89. The van der Waals surface area contributed by atoms with Crippen molar-refractivity contribution in [3.05, 3.63) is 66.0 Å². The first-order valence-corrected chi connectivity index (χ1v) is 7.51. The van der Waals surface area contributed by atoms with Gasteiger partial charge in [0.25, 0.3) is 0 Å². The van der Waals surface area contributed by atoms with Gasteiger partial charge in [-0.25, -0.2) is 8.42 Å². The average molecular weight is 290 g/mol. The molecule has 0 saturated carbocycles. The maximum absolute atomic E-state index is 12.2. The second-order valence-electron chi connectivity index (χ2n) is 4.25. The van der Waals surface area contributed by atoms with Gasteiger partial charge in [-0.2, -0.15) is 0 Å². The van der Waals surface area contributed by atoms with Crippen LogP contribution in [0.5, 0.6) is 0 Å². The zero-order chi connectivity index (χ0) is 14.6. The molecule has 0 aliphatic carbocycles. The van der Waals surface area contributed by atoms with Crippen molar-refractivity contribution in [3.63, 3.8) is 0 Å². The molecular formula is C14H14N2O3S. The van der Waals surface area contributed by atoms with Crippen LogP contribution in [-0.2, 0) is 20.6 Å². The molecule has 0 radical (unpaired) electrons. The molecule has 0 atom stereocenters. The summed E-state index contributed by atoms with van der Waals surface area (Å²) >= 11 is 0. The van der Waals surface area contributed by atoms with E-state index in [-0.39, 0.29) is 5.75 Å². The molecule has 6 heteroatoms. The molecule has 2 rings (SSSR count). The predicted molar refractivity (Wildman–Crippen MR) is 77.1 cm³/mol. The Morgan fingerprint density at radius 1 is 1.20 bits per heavy atom. The number of benzene rings is 1. The lowest BCUT2D eigenvalue weighted by atomic mass is 10.2. The molecule has 1 aromatic heterocycles. The molecule has 0 unspecified atom stereocenters. The first-order valence-electron chi connectivity index (χ1n) is 5.90. The number of amides is 1. The van der Waals surface area contributed by atoms with E-state index in [9.17, 15) is 13.2 Å². The molecule has 1 heterocycles. The second-order valence-corrected chi connectivity index (χ2v) is 6.13. The van der Waals surface area contributed by atoms with E-state index in [4.69, 9.17) is 5.73 Å². The maximum atomic E-state index is 12.2. The van der Waals surface area contributed by atoms with Gasteiger partial charge < -0.3 is 5.73 Å². The number of aromatic nitrogens is 1. The van der Waals surface area contributed by atoms with Crippen molar-refractivity contribution < 1.29 is 13.2 Å².